The molecule has 0 radical (unpaired) electrons. The lowest BCUT2D eigenvalue weighted by atomic mass is 9.99. The average molecular weight is 282 g/mol. The lowest BCUT2D eigenvalue weighted by Gasteiger charge is -2.20. The molecular weight excluding hydrogens is 260 g/mol. The number of Topliss-reactive ketones (excluding diaryl/α,β-unsaturated/α-hetero) is 1. The molecule has 3 nitrogen and oxygen atoms in total. The summed E-state index contributed by atoms with van der Waals surface area (Å²) in [4.78, 5) is 18.8. The zero-order valence-electron chi connectivity index (χ0n) is 12.7. The van der Waals surface area contributed by atoms with Crippen LogP contribution in [0.4, 0.5) is 0 Å². The van der Waals surface area contributed by atoms with E-state index in [1.54, 1.807) is 0 Å². The quantitative estimate of drug-likeness (QED) is 0.732. The fourth-order valence-corrected chi connectivity index (χ4v) is 2.38. The molecule has 0 aliphatic rings. The number of nitrogens with zero attached hydrogens (tertiary/aromatic N) is 2. The van der Waals surface area contributed by atoms with Gasteiger partial charge < -0.3 is 4.90 Å². The number of benzene rings is 1. The van der Waals surface area contributed by atoms with E-state index in [4.69, 9.17) is 0 Å². The van der Waals surface area contributed by atoms with Crippen molar-refractivity contribution in [1.29, 1.82) is 0 Å². The molecule has 1 heterocycles. The molecule has 1 aromatic heterocycles. The van der Waals surface area contributed by atoms with Gasteiger partial charge in [0.1, 0.15) is 0 Å². The Bertz CT molecular complexity index is 554. The summed E-state index contributed by atoms with van der Waals surface area (Å²) < 4.78 is 0. The maximum absolute atomic E-state index is 12.3. The van der Waals surface area contributed by atoms with Crippen LogP contribution in [-0.2, 0) is 6.42 Å². The van der Waals surface area contributed by atoms with E-state index in [0.717, 1.165) is 30.8 Å². The Labute approximate surface area is 126 Å². The minimum absolute atomic E-state index is 0.00105. The molecule has 2 aromatic rings. The number of hydrogen-bond acceptors (Lipinski definition) is 3. The van der Waals surface area contributed by atoms with Gasteiger partial charge in [0, 0.05) is 42.9 Å². The van der Waals surface area contributed by atoms with Crippen LogP contribution in [-0.4, -0.2) is 35.8 Å². The Morgan fingerprint density at radius 3 is 2.52 bits per heavy atom. The monoisotopic (exact) mass is 282 g/mol. The first-order chi connectivity index (χ1) is 10.2. The van der Waals surface area contributed by atoms with Crippen molar-refractivity contribution in [3.05, 3.63) is 66.0 Å². The highest BCUT2D eigenvalue weighted by atomic mass is 16.1. The number of pyridine rings is 1. The van der Waals surface area contributed by atoms with E-state index < -0.39 is 0 Å². The molecule has 0 amide bonds. The van der Waals surface area contributed by atoms with Gasteiger partial charge in [0.05, 0.1) is 0 Å². The fourth-order valence-electron chi connectivity index (χ4n) is 2.38. The van der Waals surface area contributed by atoms with Gasteiger partial charge in [-0.25, -0.2) is 0 Å². The van der Waals surface area contributed by atoms with Gasteiger partial charge in [-0.1, -0.05) is 43.3 Å². The van der Waals surface area contributed by atoms with Crippen LogP contribution in [0.1, 0.15) is 23.0 Å². The van der Waals surface area contributed by atoms with Crippen LogP contribution in [0.3, 0.4) is 0 Å². The molecule has 0 bridgehead atoms. The van der Waals surface area contributed by atoms with E-state index in [2.05, 4.69) is 16.9 Å². The maximum atomic E-state index is 12.3. The fraction of sp³-hybridized carbons (Fsp3) is 0.333. The van der Waals surface area contributed by atoms with E-state index in [-0.39, 0.29) is 11.7 Å². The Kier molecular flexibility index (Phi) is 5.64. The van der Waals surface area contributed by atoms with E-state index in [1.807, 2.05) is 61.7 Å². The molecule has 1 atom stereocenters. The van der Waals surface area contributed by atoms with E-state index in [1.165, 1.54) is 0 Å². The molecule has 0 N–H and O–H groups in total. The zero-order valence-corrected chi connectivity index (χ0v) is 12.7. The molecule has 0 saturated carbocycles. The normalized spacial score (nSPS) is 12.3. The molecule has 0 saturated heterocycles. The van der Waals surface area contributed by atoms with Crippen molar-refractivity contribution in [1.82, 2.24) is 9.88 Å². The second kappa shape index (κ2) is 7.70. The van der Waals surface area contributed by atoms with Crippen molar-refractivity contribution < 1.29 is 4.79 Å². The number of likely N-dealkylation sites (N-methyl/N-ethyl adjacent to an activating group) is 1. The molecular formula is C18H22N2O. The lowest BCUT2D eigenvalue weighted by molar-refractivity contribution is 0.0903. The number of rotatable bonds is 7. The summed E-state index contributed by atoms with van der Waals surface area (Å²) in [6.45, 7) is 3.66. The van der Waals surface area contributed by atoms with Crippen molar-refractivity contribution in [3.63, 3.8) is 0 Å². The molecule has 1 aromatic carbocycles. The number of aromatic nitrogens is 1. The van der Waals surface area contributed by atoms with Crippen LogP contribution in [0.15, 0.2) is 54.7 Å². The van der Waals surface area contributed by atoms with Crippen molar-refractivity contribution >= 4 is 5.78 Å². The van der Waals surface area contributed by atoms with Crippen LogP contribution in [0.5, 0.6) is 0 Å². The van der Waals surface area contributed by atoms with Gasteiger partial charge in [0.15, 0.2) is 5.78 Å². The minimum Gasteiger partial charge on any atom is -0.305 e. The number of carbonyl (C=O) groups excluding carboxylic acids is 1. The highest BCUT2D eigenvalue weighted by Gasteiger charge is 2.16. The van der Waals surface area contributed by atoms with Gasteiger partial charge >= 0.3 is 0 Å². The molecule has 2 rings (SSSR count). The third-order valence-electron chi connectivity index (χ3n) is 3.57. The minimum atomic E-state index is 0.00105. The Morgan fingerprint density at radius 1 is 1.14 bits per heavy atom. The third kappa shape index (κ3) is 4.80. The maximum Gasteiger partial charge on any atom is 0.166 e. The Hall–Kier alpha value is -2.00. The average Bonchev–Trinajstić information content (AvgIpc) is 2.54. The van der Waals surface area contributed by atoms with Crippen molar-refractivity contribution in [2.45, 2.75) is 13.3 Å². The summed E-state index contributed by atoms with van der Waals surface area (Å²) in [5.41, 5.74) is 1.88. The summed E-state index contributed by atoms with van der Waals surface area (Å²) in [5.74, 6) is 0.210. The third-order valence-corrected chi connectivity index (χ3v) is 3.57. The predicted molar refractivity (Wildman–Crippen MR) is 85.4 cm³/mol. The van der Waals surface area contributed by atoms with Gasteiger partial charge in [-0.15, -0.1) is 0 Å². The standard InChI is InChI=1S/C18H22N2O/c1-15(18(21)16-8-4-3-5-9-16)14-20(2)13-11-17-10-6-7-12-19-17/h3-10,12,15H,11,13-14H2,1-2H3. The summed E-state index contributed by atoms with van der Waals surface area (Å²) >= 11 is 0. The number of ketones is 1. The highest BCUT2D eigenvalue weighted by Crippen LogP contribution is 2.10. The van der Waals surface area contributed by atoms with E-state index in [9.17, 15) is 4.79 Å². The van der Waals surface area contributed by atoms with Crippen LogP contribution < -0.4 is 0 Å². The molecule has 0 spiro atoms. The van der Waals surface area contributed by atoms with Gasteiger partial charge in [0.2, 0.25) is 0 Å². The van der Waals surface area contributed by atoms with Crippen molar-refractivity contribution in [2.75, 3.05) is 20.1 Å². The van der Waals surface area contributed by atoms with Crippen LogP contribution in [0.25, 0.3) is 0 Å². The second-order valence-corrected chi connectivity index (χ2v) is 5.46. The largest absolute Gasteiger partial charge is 0.305 e. The van der Waals surface area contributed by atoms with Gasteiger partial charge in [-0.2, -0.15) is 0 Å². The highest BCUT2D eigenvalue weighted by molar-refractivity contribution is 5.97. The molecule has 3 heteroatoms. The van der Waals surface area contributed by atoms with Crippen LogP contribution in [0, 0.1) is 5.92 Å². The predicted octanol–water partition coefficient (Wildman–Crippen LogP) is 3.07. The molecule has 21 heavy (non-hydrogen) atoms. The van der Waals surface area contributed by atoms with Gasteiger partial charge in [0.25, 0.3) is 0 Å². The van der Waals surface area contributed by atoms with Crippen molar-refractivity contribution in [3.8, 4) is 0 Å². The first kappa shape index (κ1) is 15.4. The van der Waals surface area contributed by atoms with Gasteiger partial charge in [-0.3, -0.25) is 9.78 Å². The summed E-state index contributed by atoms with van der Waals surface area (Å²) in [7, 11) is 2.05. The van der Waals surface area contributed by atoms with Crippen LogP contribution in [0.2, 0.25) is 0 Å². The molecule has 1 unspecified atom stereocenters. The summed E-state index contributed by atoms with van der Waals surface area (Å²) in [6, 6.07) is 15.5. The van der Waals surface area contributed by atoms with Crippen LogP contribution >= 0.6 is 0 Å². The van der Waals surface area contributed by atoms with E-state index >= 15 is 0 Å². The molecule has 0 aliphatic heterocycles. The summed E-state index contributed by atoms with van der Waals surface area (Å²) in [6.07, 6.45) is 2.72. The summed E-state index contributed by atoms with van der Waals surface area (Å²) in [5, 5.41) is 0. The molecule has 0 fully saturated rings. The lowest BCUT2D eigenvalue weighted by Crippen LogP contribution is -2.30. The Balaban J connectivity index is 1.82. The topological polar surface area (TPSA) is 33.2 Å². The SMILES string of the molecule is CC(CN(C)CCc1ccccn1)C(=O)c1ccccc1. The number of carbonyl (C=O) groups is 1. The molecule has 0 aliphatic carbocycles. The zero-order chi connectivity index (χ0) is 15.1. The van der Waals surface area contributed by atoms with Crippen molar-refractivity contribution in [2.24, 2.45) is 5.92 Å². The number of hydrogen-bond donors (Lipinski definition) is 0. The first-order valence-corrected chi connectivity index (χ1v) is 7.34. The Morgan fingerprint density at radius 2 is 1.86 bits per heavy atom. The smallest absolute Gasteiger partial charge is 0.166 e. The van der Waals surface area contributed by atoms with Gasteiger partial charge in [-0.05, 0) is 19.2 Å². The first-order valence-electron chi connectivity index (χ1n) is 7.34. The van der Waals surface area contributed by atoms with E-state index in [0.29, 0.717) is 0 Å². The molecule has 110 valence electrons. The second-order valence-electron chi connectivity index (χ2n) is 5.46.